The molecule has 2 rings (SSSR count). The molecule has 162 valence electrons. The van der Waals surface area contributed by atoms with Gasteiger partial charge in [0, 0.05) is 33.2 Å². The molecule has 0 aliphatic rings. The van der Waals surface area contributed by atoms with E-state index in [1.54, 1.807) is 35.2 Å². The van der Waals surface area contributed by atoms with Crippen molar-refractivity contribution in [1.82, 2.24) is 10.2 Å². The maximum Gasteiger partial charge on any atom is 0.243 e. The molecule has 2 aromatic carbocycles. The van der Waals surface area contributed by atoms with Crippen molar-refractivity contribution >= 4 is 46.6 Å². The number of carbonyl (C=O) groups excluding carboxylic acids is 2. The summed E-state index contributed by atoms with van der Waals surface area (Å²) in [6.07, 6.45) is 1.33. The van der Waals surface area contributed by atoms with Gasteiger partial charge in [0.05, 0.1) is 6.42 Å². The molecule has 0 saturated carbocycles. The molecular weight excluding hydrogens is 443 g/mol. The van der Waals surface area contributed by atoms with Gasteiger partial charge in [-0.2, -0.15) is 0 Å². The summed E-state index contributed by atoms with van der Waals surface area (Å²) in [5.41, 5.74) is 1.32. The summed E-state index contributed by atoms with van der Waals surface area (Å²) in [7, 11) is 0. The van der Waals surface area contributed by atoms with Crippen molar-refractivity contribution in [1.29, 1.82) is 0 Å². The highest BCUT2D eigenvalue weighted by Gasteiger charge is 2.30. The highest BCUT2D eigenvalue weighted by Crippen LogP contribution is 2.27. The third-order valence-electron chi connectivity index (χ3n) is 5.08. The van der Waals surface area contributed by atoms with Crippen LogP contribution in [0.3, 0.4) is 0 Å². The summed E-state index contributed by atoms with van der Waals surface area (Å²) in [4.78, 5) is 27.9. The minimum absolute atomic E-state index is 0.0102. The number of amides is 2. The lowest BCUT2D eigenvalue weighted by Gasteiger charge is -2.32. The summed E-state index contributed by atoms with van der Waals surface area (Å²) >= 11 is 19.0. The highest BCUT2D eigenvalue weighted by atomic mass is 35.5. The van der Waals surface area contributed by atoms with Crippen LogP contribution in [-0.4, -0.2) is 28.8 Å². The number of nitrogens with zero attached hydrogens (tertiary/aromatic N) is 1. The van der Waals surface area contributed by atoms with Gasteiger partial charge in [-0.05, 0) is 43.5 Å². The fourth-order valence-corrected chi connectivity index (χ4v) is 3.84. The van der Waals surface area contributed by atoms with Gasteiger partial charge in [0.2, 0.25) is 11.8 Å². The molecule has 4 nitrogen and oxygen atoms in total. The van der Waals surface area contributed by atoms with Crippen molar-refractivity contribution in [3.63, 3.8) is 0 Å². The first-order valence-electron chi connectivity index (χ1n) is 10.0. The molecule has 7 heteroatoms. The first-order valence-corrected chi connectivity index (χ1v) is 11.2. The van der Waals surface area contributed by atoms with Crippen molar-refractivity contribution in [2.75, 3.05) is 0 Å². The predicted molar refractivity (Wildman–Crippen MR) is 124 cm³/mol. The second-order valence-electron chi connectivity index (χ2n) is 7.23. The standard InChI is InChI=1S/C23H27Cl3N2O2/c1-4-15(3)27-23(30)21(5-2)28(14-17-19(25)11-8-12-20(17)26)22(29)13-16-9-6-7-10-18(16)24/h6-12,15,21H,4-5,13-14H2,1-3H3,(H,27,30)/t15-,21+/m0/s1. The zero-order valence-electron chi connectivity index (χ0n) is 17.4. The lowest BCUT2D eigenvalue weighted by atomic mass is 10.1. The van der Waals surface area contributed by atoms with E-state index in [-0.39, 0.29) is 30.8 Å². The SMILES string of the molecule is CC[C@H](C(=O)N[C@@H](C)CC)N(Cc1c(Cl)cccc1Cl)C(=O)Cc1ccccc1Cl. The quantitative estimate of drug-likeness (QED) is 0.496. The fraction of sp³-hybridized carbons (Fsp3) is 0.391. The van der Waals surface area contributed by atoms with Gasteiger partial charge in [-0.3, -0.25) is 9.59 Å². The van der Waals surface area contributed by atoms with Gasteiger partial charge in [-0.25, -0.2) is 0 Å². The van der Waals surface area contributed by atoms with Crippen LogP contribution in [-0.2, 0) is 22.6 Å². The van der Waals surface area contributed by atoms with Crippen LogP contribution in [0, 0.1) is 0 Å². The average Bonchev–Trinajstić information content (AvgIpc) is 2.71. The molecule has 0 aliphatic carbocycles. The van der Waals surface area contributed by atoms with Crippen molar-refractivity contribution < 1.29 is 9.59 Å². The maximum absolute atomic E-state index is 13.4. The Morgan fingerprint density at radius 3 is 2.10 bits per heavy atom. The number of benzene rings is 2. The Balaban J connectivity index is 2.38. The van der Waals surface area contributed by atoms with Crippen LogP contribution in [0.4, 0.5) is 0 Å². The number of rotatable bonds is 9. The van der Waals surface area contributed by atoms with Crippen molar-refractivity contribution in [2.45, 2.75) is 58.7 Å². The third kappa shape index (κ3) is 6.37. The lowest BCUT2D eigenvalue weighted by Crippen LogP contribution is -2.51. The molecule has 2 atom stereocenters. The molecule has 1 N–H and O–H groups in total. The summed E-state index contributed by atoms with van der Waals surface area (Å²) in [5, 5.41) is 4.40. The van der Waals surface area contributed by atoms with Crippen LogP contribution in [0.15, 0.2) is 42.5 Å². The normalized spacial score (nSPS) is 12.9. The minimum atomic E-state index is -0.652. The van der Waals surface area contributed by atoms with Gasteiger partial charge in [-0.15, -0.1) is 0 Å². The van der Waals surface area contributed by atoms with Crippen LogP contribution in [0.2, 0.25) is 15.1 Å². The zero-order chi connectivity index (χ0) is 22.3. The fourth-order valence-electron chi connectivity index (χ4n) is 3.12. The molecule has 0 aliphatic heterocycles. The van der Waals surface area contributed by atoms with E-state index in [1.807, 2.05) is 32.9 Å². The van der Waals surface area contributed by atoms with E-state index in [1.165, 1.54) is 0 Å². The third-order valence-corrected chi connectivity index (χ3v) is 6.15. The molecule has 2 amide bonds. The lowest BCUT2D eigenvalue weighted by molar-refractivity contribution is -0.141. The van der Waals surface area contributed by atoms with Crippen molar-refractivity contribution in [2.24, 2.45) is 0 Å². The molecule has 2 aromatic rings. The van der Waals surface area contributed by atoms with Crippen LogP contribution >= 0.6 is 34.8 Å². The second-order valence-corrected chi connectivity index (χ2v) is 8.45. The molecule has 0 radical (unpaired) electrons. The smallest absolute Gasteiger partial charge is 0.243 e. The van der Waals surface area contributed by atoms with Gasteiger partial charge in [0.25, 0.3) is 0 Å². The summed E-state index contributed by atoms with van der Waals surface area (Å²) in [6, 6.07) is 11.7. The first kappa shape index (κ1) is 24.5. The number of halogens is 3. The average molecular weight is 470 g/mol. The molecule has 0 bridgehead atoms. The van der Waals surface area contributed by atoms with E-state index < -0.39 is 6.04 Å². The van der Waals surface area contributed by atoms with Gasteiger partial charge < -0.3 is 10.2 Å². The molecule has 0 aromatic heterocycles. The molecular formula is C23H27Cl3N2O2. The molecule has 0 heterocycles. The van der Waals surface area contributed by atoms with Crippen molar-refractivity contribution in [3.05, 3.63) is 68.7 Å². The molecule has 0 fully saturated rings. The number of hydrogen-bond donors (Lipinski definition) is 1. The molecule has 0 saturated heterocycles. The van der Waals surface area contributed by atoms with E-state index in [0.717, 1.165) is 6.42 Å². The first-order chi connectivity index (χ1) is 14.3. The van der Waals surface area contributed by atoms with Gasteiger partial charge >= 0.3 is 0 Å². The monoisotopic (exact) mass is 468 g/mol. The highest BCUT2D eigenvalue weighted by molar-refractivity contribution is 6.36. The van der Waals surface area contributed by atoms with E-state index in [9.17, 15) is 9.59 Å². The van der Waals surface area contributed by atoms with Gasteiger partial charge in [0.1, 0.15) is 6.04 Å². The number of hydrogen-bond acceptors (Lipinski definition) is 2. The van der Waals surface area contributed by atoms with Crippen molar-refractivity contribution in [3.8, 4) is 0 Å². The molecule has 0 spiro atoms. The Morgan fingerprint density at radius 1 is 0.933 bits per heavy atom. The van der Waals surface area contributed by atoms with Gasteiger partial charge in [-0.1, -0.05) is 72.9 Å². The largest absolute Gasteiger partial charge is 0.352 e. The Bertz CT molecular complexity index is 868. The molecule has 30 heavy (non-hydrogen) atoms. The number of nitrogens with one attached hydrogen (secondary N) is 1. The topological polar surface area (TPSA) is 49.4 Å². The van der Waals surface area contributed by atoms with Crippen LogP contribution in [0.1, 0.15) is 44.7 Å². The Kier molecular flexibility index (Phi) is 9.47. The number of carbonyl (C=O) groups is 2. The second kappa shape index (κ2) is 11.6. The summed E-state index contributed by atoms with van der Waals surface area (Å²) in [5.74, 6) is -0.409. The van der Waals surface area contributed by atoms with Crippen LogP contribution in [0.25, 0.3) is 0 Å². The van der Waals surface area contributed by atoms with E-state index in [0.29, 0.717) is 32.6 Å². The van der Waals surface area contributed by atoms with E-state index in [2.05, 4.69) is 5.32 Å². The summed E-state index contributed by atoms with van der Waals surface area (Å²) in [6.45, 7) is 5.94. The van der Waals surface area contributed by atoms with E-state index in [4.69, 9.17) is 34.8 Å². The molecule has 0 unspecified atom stereocenters. The Labute approximate surface area is 193 Å². The maximum atomic E-state index is 13.4. The van der Waals surface area contributed by atoms with Crippen LogP contribution in [0.5, 0.6) is 0 Å². The van der Waals surface area contributed by atoms with Gasteiger partial charge in [0.15, 0.2) is 0 Å². The minimum Gasteiger partial charge on any atom is -0.352 e. The van der Waals surface area contributed by atoms with E-state index >= 15 is 0 Å². The van der Waals surface area contributed by atoms with Crippen LogP contribution < -0.4 is 5.32 Å². The summed E-state index contributed by atoms with van der Waals surface area (Å²) < 4.78 is 0. The Hall–Kier alpha value is -1.75. The predicted octanol–water partition coefficient (Wildman–Crippen LogP) is 5.91. The zero-order valence-corrected chi connectivity index (χ0v) is 19.7. The Morgan fingerprint density at radius 2 is 1.53 bits per heavy atom.